The number of hydrogen-bond acceptors (Lipinski definition) is 4. The maximum Gasteiger partial charge on any atom is 0.0794 e. The SMILES string of the molecule is c1ccc2c(c1)CC(CNCc1cncs1)S2. The monoisotopic (exact) mass is 262 g/mol. The number of benzene rings is 1. The molecule has 1 aromatic carbocycles. The van der Waals surface area contributed by atoms with Crippen molar-refractivity contribution in [3.8, 4) is 0 Å². The van der Waals surface area contributed by atoms with E-state index in [1.807, 2.05) is 23.5 Å². The second-order valence-electron chi connectivity index (χ2n) is 4.15. The van der Waals surface area contributed by atoms with Gasteiger partial charge in [0, 0.05) is 34.3 Å². The molecule has 3 rings (SSSR count). The van der Waals surface area contributed by atoms with Gasteiger partial charge in [0.1, 0.15) is 0 Å². The van der Waals surface area contributed by atoms with Crippen LogP contribution in [0.1, 0.15) is 10.4 Å². The van der Waals surface area contributed by atoms with Crippen LogP contribution in [0.4, 0.5) is 0 Å². The topological polar surface area (TPSA) is 24.9 Å². The Balaban J connectivity index is 1.49. The highest BCUT2D eigenvalue weighted by Crippen LogP contribution is 2.36. The predicted octanol–water partition coefficient (Wildman–Crippen LogP) is 2.95. The molecule has 17 heavy (non-hydrogen) atoms. The Hall–Kier alpha value is -0.840. The van der Waals surface area contributed by atoms with Crippen LogP contribution < -0.4 is 5.32 Å². The van der Waals surface area contributed by atoms with Crippen molar-refractivity contribution in [3.63, 3.8) is 0 Å². The Morgan fingerprint density at radius 2 is 2.29 bits per heavy atom. The number of rotatable bonds is 4. The molecule has 2 heterocycles. The number of nitrogens with one attached hydrogen (secondary N) is 1. The molecule has 0 aliphatic carbocycles. The summed E-state index contributed by atoms with van der Waals surface area (Å²) in [5, 5.41) is 4.20. The molecule has 0 radical (unpaired) electrons. The summed E-state index contributed by atoms with van der Waals surface area (Å²) < 4.78 is 0. The number of thioether (sulfide) groups is 1. The van der Waals surface area contributed by atoms with Gasteiger partial charge < -0.3 is 5.32 Å². The number of hydrogen-bond donors (Lipinski definition) is 1. The Bertz CT molecular complexity index is 457. The standard InChI is InChI=1S/C13H14N2S2/c1-2-4-13-10(3-1)5-11(17-13)6-14-7-12-8-15-9-16-12/h1-4,8-9,11,14H,5-7H2. The third-order valence-corrected chi connectivity index (χ3v) is 4.97. The van der Waals surface area contributed by atoms with Crippen LogP contribution in [-0.4, -0.2) is 16.8 Å². The Labute approximate surface area is 109 Å². The van der Waals surface area contributed by atoms with Crippen LogP contribution in [0.3, 0.4) is 0 Å². The second-order valence-corrected chi connectivity index (χ2v) is 6.46. The average Bonchev–Trinajstić information content (AvgIpc) is 2.96. The summed E-state index contributed by atoms with van der Waals surface area (Å²) in [5.74, 6) is 0. The molecule has 0 amide bonds. The molecule has 0 spiro atoms. The molecule has 0 fully saturated rings. The van der Waals surface area contributed by atoms with E-state index in [0.717, 1.165) is 13.1 Å². The molecule has 0 saturated carbocycles. The van der Waals surface area contributed by atoms with Crippen LogP contribution in [0, 0.1) is 0 Å². The van der Waals surface area contributed by atoms with Crippen molar-refractivity contribution in [3.05, 3.63) is 46.4 Å². The minimum Gasteiger partial charge on any atom is -0.311 e. The van der Waals surface area contributed by atoms with Gasteiger partial charge in [0.25, 0.3) is 0 Å². The van der Waals surface area contributed by atoms with Gasteiger partial charge >= 0.3 is 0 Å². The lowest BCUT2D eigenvalue weighted by Gasteiger charge is -2.08. The molecule has 1 aromatic heterocycles. The molecule has 2 nitrogen and oxygen atoms in total. The Morgan fingerprint density at radius 1 is 1.35 bits per heavy atom. The van der Waals surface area contributed by atoms with E-state index in [1.54, 1.807) is 11.3 Å². The van der Waals surface area contributed by atoms with Gasteiger partial charge in [0.05, 0.1) is 5.51 Å². The third kappa shape index (κ3) is 2.70. The van der Waals surface area contributed by atoms with Gasteiger partial charge in [0.2, 0.25) is 0 Å². The maximum absolute atomic E-state index is 4.08. The van der Waals surface area contributed by atoms with E-state index in [-0.39, 0.29) is 0 Å². The van der Waals surface area contributed by atoms with Crippen molar-refractivity contribution in [2.45, 2.75) is 23.1 Å². The first-order valence-corrected chi connectivity index (χ1v) is 7.50. The molecular weight excluding hydrogens is 248 g/mol. The number of nitrogens with zero attached hydrogens (tertiary/aromatic N) is 1. The lowest BCUT2D eigenvalue weighted by atomic mass is 10.1. The van der Waals surface area contributed by atoms with Crippen molar-refractivity contribution >= 4 is 23.1 Å². The largest absolute Gasteiger partial charge is 0.311 e. The van der Waals surface area contributed by atoms with Crippen molar-refractivity contribution in [2.75, 3.05) is 6.54 Å². The van der Waals surface area contributed by atoms with E-state index in [9.17, 15) is 0 Å². The fourth-order valence-electron chi connectivity index (χ4n) is 2.05. The first-order chi connectivity index (χ1) is 8.42. The van der Waals surface area contributed by atoms with Gasteiger partial charge in [0.15, 0.2) is 0 Å². The van der Waals surface area contributed by atoms with Gasteiger partial charge in [-0.2, -0.15) is 0 Å². The van der Waals surface area contributed by atoms with E-state index in [0.29, 0.717) is 5.25 Å². The van der Waals surface area contributed by atoms with Crippen LogP contribution in [0.25, 0.3) is 0 Å². The molecule has 0 bridgehead atoms. The summed E-state index contributed by atoms with van der Waals surface area (Å²) in [4.78, 5) is 6.84. The van der Waals surface area contributed by atoms with Gasteiger partial charge in [-0.25, -0.2) is 0 Å². The average molecular weight is 262 g/mol. The second kappa shape index (κ2) is 5.21. The maximum atomic E-state index is 4.08. The first-order valence-electron chi connectivity index (χ1n) is 5.74. The normalized spacial score (nSPS) is 18.2. The summed E-state index contributed by atoms with van der Waals surface area (Å²) in [6.45, 7) is 2.01. The minimum atomic E-state index is 0.681. The van der Waals surface area contributed by atoms with E-state index in [2.05, 4.69) is 34.6 Å². The summed E-state index contributed by atoms with van der Waals surface area (Å²) in [5.41, 5.74) is 3.39. The van der Waals surface area contributed by atoms with E-state index < -0.39 is 0 Å². The van der Waals surface area contributed by atoms with Gasteiger partial charge in [-0.05, 0) is 18.1 Å². The lowest BCUT2D eigenvalue weighted by molar-refractivity contribution is 0.670. The minimum absolute atomic E-state index is 0.681. The van der Waals surface area contributed by atoms with Crippen molar-refractivity contribution in [2.24, 2.45) is 0 Å². The molecule has 1 aliphatic rings. The molecule has 1 unspecified atom stereocenters. The van der Waals surface area contributed by atoms with Gasteiger partial charge in [-0.1, -0.05) is 18.2 Å². The molecule has 0 saturated heterocycles. The molecule has 88 valence electrons. The quantitative estimate of drug-likeness (QED) is 0.917. The highest BCUT2D eigenvalue weighted by molar-refractivity contribution is 8.00. The van der Waals surface area contributed by atoms with Gasteiger partial charge in [-0.3, -0.25) is 4.98 Å². The zero-order valence-electron chi connectivity index (χ0n) is 9.43. The third-order valence-electron chi connectivity index (χ3n) is 2.87. The van der Waals surface area contributed by atoms with Crippen LogP contribution in [0.5, 0.6) is 0 Å². The number of fused-ring (bicyclic) bond motifs is 1. The van der Waals surface area contributed by atoms with Gasteiger partial charge in [-0.15, -0.1) is 23.1 Å². The smallest absolute Gasteiger partial charge is 0.0794 e. The highest BCUT2D eigenvalue weighted by Gasteiger charge is 2.20. The molecule has 1 atom stereocenters. The first kappa shape index (κ1) is 11.3. The lowest BCUT2D eigenvalue weighted by Crippen LogP contribution is -2.23. The molecule has 4 heteroatoms. The predicted molar refractivity (Wildman–Crippen MR) is 73.6 cm³/mol. The van der Waals surface area contributed by atoms with Crippen molar-refractivity contribution < 1.29 is 0 Å². The van der Waals surface area contributed by atoms with E-state index >= 15 is 0 Å². The zero-order chi connectivity index (χ0) is 11.5. The summed E-state index contributed by atoms with van der Waals surface area (Å²) >= 11 is 3.71. The van der Waals surface area contributed by atoms with E-state index in [1.165, 1.54) is 21.8 Å². The summed E-state index contributed by atoms with van der Waals surface area (Å²) in [6, 6.07) is 8.72. The van der Waals surface area contributed by atoms with Crippen LogP contribution in [0.2, 0.25) is 0 Å². The summed E-state index contributed by atoms with van der Waals surface area (Å²) in [6.07, 6.45) is 3.13. The number of thiazole rings is 1. The fraction of sp³-hybridized carbons (Fsp3) is 0.308. The Kier molecular flexibility index (Phi) is 3.45. The van der Waals surface area contributed by atoms with Crippen LogP contribution in [0.15, 0.2) is 40.9 Å². The number of aromatic nitrogens is 1. The molecule has 1 N–H and O–H groups in total. The molecule has 2 aromatic rings. The van der Waals surface area contributed by atoms with Crippen molar-refractivity contribution in [1.29, 1.82) is 0 Å². The summed E-state index contributed by atoms with van der Waals surface area (Å²) in [7, 11) is 0. The Morgan fingerprint density at radius 3 is 3.12 bits per heavy atom. The van der Waals surface area contributed by atoms with Crippen molar-refractivity contribution in [1.82, 2.24) is 10.3 Å². The van der Waals surface area contributed by atoms with E-state index in [4.69, 9.17) is 0 Å². The van der Waals surface area contributed by atoms with Crippen LogP contribution >= 0.6 is 23.1 Å². The molecule has 1 aliphatic heterocycles. The van der Waals surface area contributed by atoms with Crippen LogP contribution in [-0.2, 0) is 13.0 Å². The zero-order valence-corrected chi connectivity index (χ0v) is 11.1. The highest BCUT2D eigenvalue weighted by atomic mass is 32.2. The fourth-order valence-corrected chi connectivity index (χ4v) is 3.90. The molecular formula is C13H14N2S2.